The molecule has 0 fully saturated rings. The van der Waals surface area contributed by atoms with E-state index in [2.05, 4.69) is 15.9 Å². The summed E-state index contributed by atoms with van der Waals surface area (Å²) < 4.78 is 18.9. The second-order valence-corrected chi connectivity index (χ2v) is 5.56. The Hall–Kier alpha value is -1.39. The molecule has 2 aromatic rings. The second kappa shape index (κ2) is 6.37. The summed E-state index contributed by atoms with van der Waals surface area (Å²) >= 11 is 3.32. The standard InChI is InChI=1S/C16H16BrFO2/c1-16(19,10-11-17)12-6-8-13(9-7-12)20-15-5-3-2-4-14(15)18/h2-9,19H,10-11H2,1H3. The Bertz CT molecular complexity index is 567. The lowest BCUT2D eigenvalue weighted by atomic mass is 9.93. The van der Waals surface area contributed by atoms with Crippen LogP contribution in [-0.4, -0.2) is 10.4 Å². The van der Waals surface area contributed by atoms with Crippen LogP contribution in [0, 0.1) is 5.82 Å². The minimum absolute atomic E-state index is 0.187. The summed E-state index contributed by atoms with van der Waals surface area (Å²) in [6.45, 7) is 1.76. The number of aliphatic hydroxyl groups is 1. The van der Waals surface area contributed by atoms with Gasteiger partial charge < -0.3 is 9.84 Å². The number of ether oxygens (including phenoxy) is 1. The molecule has 0 amide bonds. The Morgan fingerprint density at radius 3 is 2.40 bits per heavy atom. The van der Waals surface area contributed by atoms with Crippen LogP contribution in [0.4, 0.5) is 4.39 Å². The zero-order chi connectivity index (χ0) is 14.6. The summed E-state index contributed by atoms with van der Waals surface area (Å²) in [5.41, 5.74) is -0.0853. The Kier molecular flexibility index (Phi) is 4.78. The summed E-state index contributed by atoms with van der Waals surface area (Å²) in [7, 11) is 0. The predicted octanol–water partition coefficient (Wildman–Crippen LogP) is 4.61. The topological polar surface area (TPSA) is 29.5 Å². The summed E-state index contributed by atoms with van der Waals surface area (Å²) in [5, 5.41) is 11.0. The van der Waals surface area contributed by atoms with Crippen molar-refractivity contribution in [1.29, 1.82) is 0 Å². The van der Waals surface area contributed by atoms with Gasteiger partial charge in [-0.1, -0.05) is 40.2 Å². The molecule has 0 bridgehead atoms. The number of rotatable bonds is 5. The van der Waals surface area contributed by atoms with Crippen molar-refractivity contribution in [3.8, 4) is 11.5 Å². The molecule has 1 atom stereocenters. The highest BCUT2D eigenvalue weighted by molar-refractivity contribution is 9.09. The van der Waals surface area contributed by atoms with Crippen molar-refractivity contribution in [3.05, 3.63) is 59.9 Å². The van der Waals surface area contributed by atoms with Crippen LogP contribution in [0.1, 0.15) is 18.9 Å². The number of hydrogen-bond acceptors (Lipinski definition) is 2. The molecular formula is C16H16BrFO2. The smallest absolute Gasteiger partial charge is 0.165 e. The second-order valence-electron chi connectivity index (χ2n) is 4.77. The molecule has 0 saturated carbocycles. The highest BCUT2D eigenvalue weighted by Crippen LogP contribution is 2.29. The van der Waals surface area contributed by atoms with Gasteiger partial charge in [-0.25, -0.2) is 4.39 Å². The molecule has 0 aliphatic carbocycles. The van der Waals surface area contributed by atoms with Crippen molar-refractivity contribution in [2.24, 2.45) is 0 Å². The predicted molar refractivity (Wildman–Crippen MR) is 80.9 cm³/mol. The van der Waals surface area contributed by atoms with Gasteiger partial charge in [0.2, 0.25) is 0 Å². The van der Waals surface area contributed by atoms with Crippen LogP contribution in [0.2, 0.25) is 0 Å². The van der Waals surface area contributed by atoms with Crippen LogP contribution < -0.4 is 4.74 Å². The van der Waals surface area contributed by atoms with Gasteiger partial charge in [0.25, 0.3) is 0 Å². The van der Waals surface area contributed by atoms with E-state index in [1.165, 1.54) is 6.07 Å². The molecule has 0 saturated heterocycles. The molecule has 0 heterocycles. The number of alkyl halides is 1. The maximum absolute atomic E-state index is 13.5. The summed E-state index contributed by atoms with van der Waals surface area (Å²) in [6, 6.07) is 13.3. The highest BCUT2D eigenvalue weighted by Gasteiger charge is 2.21. The van der Waals surface area contributed by atoms with E-state index in [0.29, 0.717) is 17.5 Å². The van der Waals surface area contributed by atoms with Gasteiger partial charge in [0, 0.05) is 5.33 Å². The minimum Gasteiger partial charge on any atom is -0.454 e. The van der Waals surface area contributed by atoms with Crippen LogP contribution in [-0.2, 0) is 5.60 Å². The van der Waals surface area contributed by atoms with Crippen molar-refractivity contribution in [2.75, 3.05) is 5.33 Å². The third-order valence-corrected chi connectivity index (χ3v) is 3.52. The maximum atomic E-state index is 13.5. The fourth-order valence-electron chi connectivity index (χ4n) is 1.86. The monoisotopic (exact) mass is 338 g/mol. The van der Waals surface area contributed by atoms with Gasteiger partial charge >= 0.3 is 0 Å². The summed E-state index contributed by atoms with van der Waals surface area (Å²) in [5.74, 6) is 0.323. The fraction of sp³-hybridized carbons (Fsp3) is 0.250. The Balaban J connectivity index is 2.15. The maximum Gasteiger partial charge on any atom is 0.165 e. The Labute approximate surface area is 126 Å². The molecule has 20 heavy (non-hydrogen) atoms. The average Bonchev–Trinajstić information content (AvgIpc) is 2.42. The third kappa shape index (κ3) is 3.58. The normalized spacial score (nSPS) is 13.8. The first-order valence-corrected chi connectivity index (χ1v) is 7.46. The van der Waals surface area contributed by atoms with Gasteiger partial charge in [0.1, 0.15) is 5.75 Å². The fourth-order valence-corrected chi connectivity index (χ4v) is 2.64. The first-order chi connectivity index (χ1) is 9.53. The van der Waals surface area contributed by atoms with E-state index in [1.54, 1.807) is 49.4 Å². The van der Waals surface area contributed by atoms with Crippen LogP contribution in [0.15, 0.2) is 48.5 Å². The zero-order valence-corrected chi connectivity index (χ0v) is 12.7. The van der Waals surface area contributed by atoms with Gasteiger partial charge in [-0.15, -0.1) is 0 Å². The van der Waals surface area contributed by atoms with Crippen molar-refractivity contribution in [3.63, 3.8) is 0 Å². The van der Waals surface area contributed by atoms with Crippen molar-refractivity contribution < 1.29 is 14.2 Å². The van der Waals surface area contributed by atoms with Gasteiger partial charge in [-0.2, -0.15) is 0 Å². The molecule has 0 radical (unpaired) electrons. The molecule has 0 aliphatic heterocycles. The number of para-hydroxylation sites is 1. The van der Waals surface area contributed by atoms with E-state index < -0.39 is 11.4 Å². The lowest BCUT2D eigenvalue weighted by Crippen LogP contribution is -2.21. The van der Waals surface area contributed by atoms with E-state index in [0.717, 1.165) is 5.56 Å². The first kappa shape index (κ1) is 15.0. The first-order valence-electron chi connectivity index (χ1n) is 6.34. The number of benzene rings is 2. The molecule has 2 rings (SSSR count). The van der Waals surface area contributed by atoms with Crippen LogP contribution in [0.5, 0.6) is 11.5 Å². The molecule has 0 spiro atoms. The molecule has 2 aromatic carbocycles. The number of halogens is 2. The lowest BCUT2D eigenvalue weighted by Gasteiger charge is -2.23. The van der Waals surface area contributed by atoms with Crippen LogP contribution >= 0.6 is 15.9 Å². The molecule has 106 valence electrons. The molecular weight excluding hydrogens is 323 g/mol. The SMILES string of the molecule is CC(O)(CCBr)c1ccc(Oc2ccccc2F)cc1. The van der Waals surface area contributed by atoms with E-state index in [4.69, 9.17) is 4.74 Å². The number of hydrogen-bond donors (Lipinski definition) is 1. The third-order valence-electron chi connectivity index (χ3n) is 3.12. The summed E-state index contributed by atoms with van der Waals surface area (Å²) in [4.78, 5) is 0. The molecule has 1 N–H and O–H groups in total. The van der Waals surface area contributed by atoms with E-state index in [9.17, 15) is 9.50 Å². The molecule has 2 nitrogen and oxygen atoms in total. The Morgan fingerprint density at radius 2 is 1.80 bits per heavy atom. The molecule has 1 unspecified atom stereocenters. The molecule has 0 aromatic heterocycles. The van der Waals surface area contributed by atoms with Crippen LogP contribution in [0.25, 0.3) is 0 Å². The van der Waals surface area contributed by atoms with E-state index >= 15 is 0 Å². The average molecular weight is 339 g/mol. The highest BCUT2D eigenvalue weighted by atomic mass is 79.9. The van der Waals surface area contributed by atoms with Crippen molar-refractivity contribution in [1.82, 2.24) is 0 Å². The van der Waals surface area contributed by atoms with Gasteiger partial charge in [-0.3, -0.25) is 0 Å². The summed E-state index contributed by atoms with van der Waals surface area (Å²) in [6.07, 6.45) is 0.612. The molecule has 0 aliphatic rings. The van der Waals surface area contributed by atoms with Crippen molar-refractivity contribution in [2.45, 2.75) is 18.9 Å². The van der Waals surface area contributed by atoms with Crippen molar-refractivity contribution >= 4 is 15.9 Å². The largest absolute Gasteiger partial charge is 0.454 e. The van der Waals surface area contributed by atoms with Gasteiger partial charge in [-0.05, 0) is 43.2 Å². The molecule has 4 heteroatoms. The van der Waals surface area contributed by atoms with Crippen LogP contribution in [0.3, 0.4) is 0 Å². The van der Waals surface area contributed by atoms with E-state index in [-0.39, 0.29) is 5.75 Å². The van der Waals surface area contributed by atoms with Gasteiger partial charge in [0.15, 0.2) is 11.6 Å². The van der Waals surface area contributed by atoms with Gasteiger partial charge in [0.05, 0.1) is 5.60 Å². The minimum atomic E-state index is -0.889. The quantitative estimate of drug-likeness (QED) is 0.806. The Morgan fingerprint density at radius 1 is 1.15 bits per heavy atom. The lowest BCUT2D eigenvalue weighted by molar-refractivity contribution is 0.0546. The zero-order valence-electron chi connectivity index (χ0n) is 11.1. The van der Waals surface area contributed by atoms with E-state index in [1.807, 2.05) is 0 Å².